The average molecular weight is 565 g/mol. The molecule has 3 heterocycles. The minimum atomic E-state index is -0.551. The largest absolute Gasteiger partial charge is 0.494 e. The Morgan fingerprint density at radius 3 is 2.44 bits per heavy atom. The summed E-state index contributed by atoms with van der Waals surface area (Å²) in [6, 6.07) is 6.07. The number of ether oxygens (including phenoxy) is 1. The summed E-state index contributed by atoms with van der Waals surface area (Å²) < 4.78 is 7.40. The molecule has 0 spiro atoms. The molecule has 186 valence electrons. The van der Waals surface area contributed by atoms with Gasteiger partial charge in [0.15, 0.2) is 0 Å². The highest BCUT2D eigenvalue weighted by molar-refractivity contribution is 7.13. The number of methoxy groups -OCH3 is 1. The standard InChI is InChI=1S/C24H20Cl3N5O3S/c1-12-8-28-13(2)32(12)10-14-11-36-22(20(14)27)24(34)31-21-17(6-16(26)7-18(21)35-3)23(33)30-19-5-4-15(25)9-29-19/h4-9,11H,10H2,1-3H3,(H,31,34)(H,29,30,33). The summed E-state index contributed by atoms with van der Waals surface area (Å²) in [5.41, 5.74) is 2.00. The van der Waals surface area contributed by atoms with Crippen LogP contribution in [0.3, 0.4) is 0 Å². The molecule has 0 aliphatic heterocycles. The molecule has 12 heteroatoms. The molecule has 0 aliphatic carbocycles. The second-order valence-corrected chi connectivity index (χ2v) is 9.87. The lowest BCUT2D eigenvalue weighted by atomic mass is 10.1. The van der Waals surface area contributed by atoms with Crippen molar-refractivity contribution in [2.24, 2.45) is 0 Å². The number of thiophene rings is 1. The minimum absolute atomic E-state index is 0.0852. The van der Waals surface area contributed by atoms with E-state index in [9.17, 15) is 9.59 Å². The minimum Gasteiger partial charge on any atom is -0.494 e. The van der Waals surface area contributed by atoms with Crippen molar-refractivity contribution < 1.29 is 14.3 Å². The van der Waals surface area contributed by atoms with Crippen LogP contribution in [0, 0.1) is 13.8 Å². The fourth-order valence-electron chi connectivity index (χ4n) is 3.48. The third-order valence-corrected chi connectivity index (χ3v) is 7.34. The van der Waals surface area contributed by atoms with Crippen molar-refractivity contribution in [3.8, 4) is 5.75 Å². The van der Waals surface area contributed by atoms with Crippen LogP contribution in [0.5, 0.6) is 5.75 Å². The van der Waals surface area contributed by atoms with E-state index in [0.29, 0.717) is 21.5 Å². The van der Waals surface area contributed by atoms with Crippen molar-refractivity contribution in [2.75, 3.05) is 17.7 Å². The SMILES string of the molecule is COc1cc(Cl)cc(C(=O)Nc2ccc(Cl)cn2)c1NC(=O)c1scc(Cn2c(C)cnc2C)c1Cl. The number of carbonyl (C=O) groups is 2. The fraction of sp³-hybridized carbons (Fsp3) is 0.167. The normalized spacial score (nSPS) is 10.8. The molecule has 4 aromatic rings. The highest BCUT2D eigenvalue weighted by atomic mass is 35.5. The molecule has 4 rings (SSSR count). The van der Waals surface area contributed by atoms with Crippen LogP contribution in [-0.4, -0.2) is 33.5 Å². The van der Waals surface area contributed by atoms with Crippen LogP contribution in [0.25, 0.3) is 0 Å². The number of anilines is 2. The van der Waals surface area contributed by atoms with Crippen LogP contribution in [-0.2, 0) is 6.54 Å². The maximum Gasteiger partial charge on any atom is 0.267 e. The van der Waals surface area contributed by atoms with E-state index in [2.05, 4.69) is 20.6 Å². The number of halogens is 3. The first-order valence-electron chi connectivity index (χ1n) is 10.5. The Hall–Kier alpha value is -3.11. The summed E-state index contributed by atoms with van der Waals surface area (Å²) in [7, 11) is 1.41. The first-order valence-corrected chi connectivity index (χ1v) is 12.6. The van der Waals surface area contributed by atoms with Gasteiger partial charge in [-0.2, -0.15) is 0 Å². The molecule has 0 fully saturated rings. The number of pyridine rings is 1. The fourth-order valence-corrected chi connectivity index (χ4v) is 5.05. The molecular weight excluding hydrogens is 545 g/mol. The third-order valence-electron chi connectivity index (χ3n) is 5.33. The highest BCUT2D eigenvalue weighted by Crippen LogP contribution is 2.35. The third kappa shape index (κ3) is 5.49. The Balaban J connectivity index is 1.62. The summed E-state index contributed by atoms with van der Waals surface area (Å²) >= 11 is 19.9. The maximum absolute atomic E-state index is 13.3. The Morgan fingerprint density at radius 1 is 1.03 bits per heavy atom. The number of imidazole rings is 1. The van der Waals surface area contributed by atoms with Crippen LogP contribution < -0.4 is 15.4 Å². The molecule has 0 atom stereocenters. The lowest BCUT2D eigenvalue weighted by molar-refractivity contribution is 0.102. The number of benzene rings is 1. The molecule has 8 nitrogen and oxygen atoms in total. The highest BCUT2D eigenvalue weighted by Gasteiger charge is 2.23. The van der Waals surface area contributed by atoms with Crippen molar-refractivity contribution in [3.05, 3.63) is 84.6 Å². The van der Waals surface area contributed by atoms with E-state index >= 15 is 0 Å². The molecule has 0 saturated heterocycles. The average Bonchev–Trinajstić information content (AvgIpc) is 3.37. The number of aryl methyl sites for hydroxylation is 2. The molecule has 36 heavy (non-hydrogen) atoms. The van der Waals surface area contributed by atoms with E-state index < -0.39 is 11.8 Å². The van der Waals surface area contributed by atoms with Crippen LogP contribution in [0.2, 0.25) is 15.1 Å². The first kappa shape index (κ1) is 26.0. The van der Waals surface area contributed by atoms with Gasteiger partial charge >= 0.3 is 0 Å². The predicted octanol–water partition coefficient (Wildman–Crippen LogP) is 6.48. The van der Waals surface area contributed by atoms with Gasteiger partial charge in [-0.15, -0.1) is 11.3 Å². The van der Waals surface area contributed by atoms with Gasteiger partial charge < -0.3 is 19.9 Å². The second-order valence-electron chi connectivity index (χ2n) is 7.74. The summed E-state index contributed by atoms with van der Waals surface area (Å²) in [4.78, 5) is 35.0. The number of amides is 2. The zero-order valence-electron chi connectivity index (χ0n) is 19.4. The van der Waals surface area contributed by atoms with Gasteiger partial charge in [-0.05, 0) is 37.4 Å². The Kier molecular flexibility index (Phi) is 7.85. The molecule has 2 amide bonds. The number of hydrogen-bond acceptors (Lipinski definition) is 6. The van der Waals surface area contributed by atoms with Crippen molar-refractivity contribution >= 4 is 69.5 Å². The summed E-state index contributed by atoms with van der Waals surface area (Å²) in [5, 5.41) is 8.26. The van der Waals surface area contributed by atoms with E-state index in [1.54, 1.807) is 18.3 Å². The van der Waals surface area contributed by atoms with Crippen LogP contribution in [0.15, 0.2) is 42.0 Å². The van der Waals surface area contributed by atoms with Crippen molar-refractivity contribution in [2.45, 2.75) is 20.4 Å². The number of nitrogens with one attached hydrogen (secondary N) is 2. The van der Waals surface area contributed by atoms with Gasteiger partial charge in [0, 0.05) is 34.7 Å². The van der Waals surface area contributed by atoms with E-state index in [1.807, 2.05) is 23.8 Å². The molecule has 0 radical (unpaired) electrons. The van der Waals surface area contributed by atoms with E-state index in [1.165, 1.54) is 36.8 Å². The molecule has 0 bridgehead atoms. The number of nitrogens with zero attached hydrogens (tertiary/aromatic N) is 3. The quantitative estimate of drug-likeness (QED) is 0.268. The number of hydrogen-bond donors (Lipinski definition) is 2. The van der Waals surface area contributed by atoms with Crippen LogP contribution in [0.1, 0.15) is 37.1 Å². The summed E-state index contributed by atoms with van der Waals surface area (Å²) in [6.07, 6.45) is 3.18. The van der Waals surface area contributed by atoms with Gasteiger partial charge in [0.2, 0.25) is 0 Å². The summed E-state index contributed by atoms with van der Waals surface area (Å²) in [5.74, 6) is 0.288. The van der Waals surface area contributed by atoms with Gasteiger partial charge in [-0.3, -0.25) is 9.59 Å². The number of aromatic nitrogens is 3. The lowest BCUT2D eigenvalue weighted by Gasteiger charge is -2.15. The monoisotopic (exact) mass is 563 g/mol. The topological polar surface area (TPSA) is 98.1 Å². The molecule has 0 aliphatic rings. The molecule has 3 aromatic heterocycles. The Morgan fingerprint density at radius 2 is 1.81 bits per heavy atom. The van der Waals surface area contributed by atoms with Gasteiger partial charge in [0.05, 0.1) is 35.0 Å². The zero-order chi connectivity index (χ0) is 26.0. The molecule has 2 N–H and O–H groups in total. The number of carbonyl (C=O) groups excluding carboxylic acids is 2. The molecule has 1 aromatic carbocycles. The summed E-state index contributed by atoms with van der Waals surface area (Å²) in [6.45, 7) is 4.33. The Bertz CT molecular complexity index is 1430. The van der Waals surface area contributed by atoms with E-state index in [-0.39, 0.29) is 27.8 Å². The first-order chi connectivity index (χ1) is 17.2. The van der Waals surface area contributed by atoms with Crippen molar-refractivity contribution in [3.63, 3.8) is 0 Å². The lowest BCUT2D eigenvalue weighted by Crippen LogP contribution is -2.19. The molecule has 0 unspecified atom stereocenters. The van der Waals surface area contributed by atoms with Crippen molar-refractivity contribution in [1.29, 1.82) is 0 Å². The van der Waals surface area contributed by atoms with Crippen LogP contribution >= 0.6 is 46.1 Å². The van der Waals surface area contributed by atoms with Gasteiger partial charge in [-0.1, -0.05) is 34.8 Å². The maximum atomic E-state index is 13.3. The van der Waals surface area contributed by atoms with Crippen molar-refractivity contribution in [1.82, 2.24) is 14.5 Å². The second kappa shape index (κ2) is 10.9. The smallest absolute Gasteiger partial charge is 0.267 e. The zero-order valence-corrected chi connectivity index (χ0v) is 22.4. The molecule has 0 saturated carbocycles. The van der Waals surface area contributed by atoms with E-state index in [4.69, 9.17) is 39.5 Å². The predicted molar refractivity (Wildman–Crippen MR) is 143 cm³/mol. The number of rotatable bonds is 7. The van der Waals surface area contributed by atoms with Crippen LogP contribution in [0.4, 0.5) is 11.5 Å². The van der Waals surface area contributed by atoms with Gasteiger partial charge in [-0.25, -0.2) is 9.97 Å². The molecular formula is C24H20Cl3N5O3S. The Labute approximate surface area is 226 Å². The van der Waals surface area contributed by atoms with Gasteiger partial charge in [0.1, 0.15) is 22.3 Å². The van der Waals surface area contributed by atoms with Gasteiger partial charge in [0.25, 0.3) is 11.8 Å². The van der Waals surface area contributed by atoms with E-state index in [0.717, 1.165) is 17.1 Å².